The van der Waals surface area contributed by atoms with Gasteiger partial charge in [-0.3, -0.25) is 4.79 Å². The molecule has 4 N–H and O–H groups in total. The van der Waals surface area contributed by atoms with E-state index in [1.165, 1.54) is 6.08 Å². The number of nitrogen functional groups attached to an aromatic ring is 1. The van der Waals surface area contributed by atoms with Crippen LogP contribution in [0.25, 0.3) is 6.08 Å². The first kappa shape index (κ1) is 19.0. The minimum absolute atomic E-state index is 0.221. The van der Waals surface area contributed by atoms with Gasteiger partial charge in [0, 0.05) is 24.4 Å². The van der Waals surface area contributed by atoms with Crippen LogP contribution < -0.4 is 21.1 Å². The number of carbonyl (C=O) groups is 1. The lowest BCUT2D eigenvalue weighted by molar-refractivity contribution is -0.111. The van der Waals surface area contributed by atoms with Gasteiger partial charge in [-0.05, 0) is 41.5 Å². The zero-order chi connectivity index (χ0) is 19.8. The van der Waals surface area contributed by atoms with Gasteiger partial charge in [-0.25, -0.2) is 0 Å². The molecule has 0 spiro atoms. The van der Waals surface area contributed by atoms with E-state index >= 15 is 0 Å². The molecule has 3 rings (SSSR count). The highest BCUT2D eigenvalue weighted by atomic mass is 16.5. The molecule has 3 aromatic carbocycles. The summed E-state index contributed by atoms with van der Waals surface area (Å²) in [7, 11) is 1.65. The van der Waals surface area contributed by atoms with Gasteiger partial charge in [0.2, 0.25) is 5.91 Å². The first-order chi connectivity index (χ1) is 13.6. The molecular formula is C23H23N3O2. The van der Waals surface area contributed by atoms with Crippen LogP contribution in [0.5, 0.6) is 5.75 Å². The number of methoxy groups -OCH3 is 1. The number of nitrogens with two attached hydrogens (primary N) is 1. The fourth-order valence-electron chi connectivity index (χ4n) is 2.64. The van der Waals surface area contributed by atoms with Crippen LogP contribution in [-0.4, -0.2) is 13.0 Å². The Balaban J connectivity index is 1.54. The van der Waals surface area contributed by atoms with Gasteiger partial charge in [-0.2, -0.15) is 0 Å². The Morgan fingerprint density at radius 1 is 1.04 bits per heavy atom. The molecule has 1 amide bonds. The van der Waals surface area contributed by atoms with Gasteiger partial charge in [0.05, 0.1) is 18.5 Å². The quantitative estimate of drug-likeness (QED) is 0.420. The second kappa shape index (κ2) is 9.28. The van der Waals surface area contributed by atoms with Gasteiger partial charge in [0.1, 0.15) is 5.75 Å². The summed E-state index contributed by atoms with van der Waals surface area (Å²) in [4.78, 5) is 12.0. The van der Waals surface area contributed by atoms with Crippen LogP contribution in [0.2, 0.25) is 0 Å². The molecule has 142 valence electrons. The Hall–Kier alpha value is -3.73. The number of carbonyl (C=O) groups excluding carboxylic acids is 1. The third-order valence-electron chi connectivity index (χ3n) is 4.19. The molecule has 28 heavy (non-hydrogen) atoms. The molecule has 0 atom stereocenters. The maximum absolute atomic E-state index is 12.0. The van der Waals surface area contributed by atoms with Gasteiger partial charge in [-0.15, -0.1) is 0 Å². The summed E-state index contributed by atoms with van der Waals surface area (Å²) in [5.74, 6) is 0.600. The van der Waals surface area contributed by atoms with Gasteiger partial charge in [-0.1, -0.05) is 42.5 Å². The molecule has 0 aliphatic carbocycles. The maximum Gasteiger partial charge on any atom is 0.248 e. The molecule has 0 bridgehead atoms. The van der Waals surface area contributed by atoms with Crippen molar-refractivity contribution in [2.45, 2.75) is 6.54 Å². The van der Waals surface area contributed by atoms with Crippen LogP contribution in [0.1, 0.15) is 11.1 Å². The SMILES string of the molecule is COc1cccc(NCc2ccc(/C=C\C(=O)Nc3ccccc3N)cc2)c1. The Labute approximate surface area is 164 Å². The van der Waals surface area contributed by atoms with E-state index in [2.05, 4.69) is 10.6 Å². The summed E-state index contributed by atoms with van der Waals surface area (Å²) >= 11 is 0. The third-order valence-corrected chi connectivity index (χ3v) is 4.19. The Bertz CT molecular complexity index is 966. The largest absolute Gasteiger partial charge is 0.497 e. The van der Waals surface area contributed by atoms with Crippen molar-refractivity contribution in [2.75, 3.05) is 23.5 Å². The van der Waals surface area contributed by atoms with Crippen LogP contribution in [0.15, 0.2) is 78.9 Å². The summed E-state index contributed by atoms with van der Waals surface area (Å²) in [6.45, 7) is 0.699. The minimum atomic E-state index is -0.221. The predicted molar refractivity (Wildman–Crippen MR) is 115 cm³/mol. The van der Waals surface area contributed by atoms with E-state index in [9.17, 15) is 4.79 Å². The van der Waals surface area contributed by atoms with Crippen LogP contribution in [0, 0.1) is 0 Å². The number of para-hydroxylation sites is 2. The molecule has 0 fully saturated rings. The summed E-state index contributed by atoms with van der Waals surface area (Å²) < 4.78 is 5.23. The first-order valence-corrected chi connectivity index (χ1v) is 8.94. The average molecular weight is 373 g/mol. The second-order valence-electron chi connectivity index (χ2n) is 6.24. The first-order valence-electron chi connectivity index (χ1n) is 8.94. The summed E-state index contributed by atoms with van der Waals surface area (Å²) in [5.41, 5.74) is 10.1. The number of hydrogen-bond donors (Lipinski definition) is 3. The van der Waals surface area contributed by atoms with Crippen LogP contribution in [-0.2, 0) is 11.3 Å². The molecule has 0 aliphatic rings. The smallest absolute Gasteiger partial charge is 0.248 e. The number of nitrogens with one attached hydrogen (secondary N) is 2. The fourth-order valence-corrected chi connectivity index (χ4v) is 2.64. The van der Waals surface area contributed by atoms with E-state index in [4.69, 9.17) is 10.5 Å². The predicted octanol–water partition coefficient (Wildman–Crippen LogP) is 4.54. The number of amides is 1. The summed E-state index contributed by atoms with van der Waals surface area (Å²) in [6, 6.07) is 23.0. The van der Waals surface area contributed by atoms with Crippen molar-refractivity contribution in [3.8, 4) is 5.75 Å². The lowest BCUT2D eigenvalue weighted by atomic mass is 10.1. The molecule has 0 heterocycles. The maximum atomic E-state index is 12.0. The fraction of sp³-hybridized carbons (Fsp3) is 0.0870. The number of anilines is 3. The van der Waals surface area contributed by atoms with Gasteiger partial charge in [0.25, 0.3) is 0 Å². The second-order valence-corrected chi connectivity index (χ2v) is 6.24. The molecule has 0 unspecified atom stereocenters. The Kier molecular flexibility index (Phi) is 6.31. The molecule has 0 saturated carbocycles. The average Bonchev–Trinajstić information content (AvgIpc) is 2.73. The standard InChI is InChI=1S/C23H23N3O2/c1-28-20-6-4-5-19(15-20)25-16-18-11-9-17(10-12-18)13-14-23(27)26-22-8-3-2-7-21(22)24/h2-15,25H,16,24H2,1H3,(H,26,27)/b14-13-. The van der Waals surface area contributed by atoms with Gasteiger partial charge >= 0.3 is 0 Å². The molecular weight excluding hydrogens is 350 g/mol. The van der Waals surface area contributed by atoms with Crippen molar-refractivity contribution in [3.05, 3.63) is 90.0 Å². The molecule has 5 heteroatoms. The van der Waals surface area contributed by atoms with E-state index in [1.54, 1.807) is 25.3 Å². The summed E-state index contributed by atoms with van der Waals surface area (Å²) in [5, 5.41) is 6.13. The Morgan fingerprint density at radius 3 is 2.57 bits per heavy atom. The van der Waals surface area contributed by atoms with Gasteiger partial charge < -0.3 is 21.1 Å². The Morgan fingerprint density at radius 2 is 1.82 bits per heavy atom. The van der Waals surface area contributed by atoms with Crippen molar-refractivity contribution < 1.29 is 9.53 Å². The normalized spacial score (nSPS) is 10.6. The van der Waals surface area contributed by atoms with Crippen molar-refractivity contribution in [1.82, 2.24) is 0 Å². The van der Waals surface area contributed by atoms with E-state index < -0.39 is 0 Å². The zero-order valence-electron chi connectivity index (χ0n) is 15.7. The lowest BCUT2D eigenvalue weighted by Crippen LogP contribution is -2.09. The number of ether oxygens (including phenoxy) is 1. The molecule has 3 aromatic rings. The number of rotatable bonds is 7. The van der Waals surface area contributed by atoms with Crippen LogP contribution >= 0.6 is 0 Å². The van der Waals surface area contributed by atoms with E-state index in [-0.39, 0.29) is 5.91 Å². The molecule has 0 saturated heterocycles. The van der Waals surface area contributed by atoms with Crippen molar-refractivity contribution >= 4 is 29.0 Å². The molecule has 0 radical (unpaired) electrons. The zero-order valence-corrected chi connectivity index (χ0v) is 15.7. The summed E-state index contributed by atoms with van der Waals surface area (Å²) in [6.07, 6.45) is 3.27. The molecule has 5 nitrogen and oxygen atoms in total. The van der Waals surface area contributed by atoms with E-state index in [1.807, 2.05) is 60.7 Å². The highest BCUT2D eigenvalue weighted by Gasteiger charge is 2.01. The monoisotopic (exact) mass is 373 g/mol. The highest BCUT2D eigenvalue weighted by molar-refractivity contribution is 6.03. The van der Waals surface area contributed by atoms with E-state index in [0.717, 1.165) is 22.6 Å². The van der Waals surface area contributed by atoms with E-state index in [0.29, 0.717) is 17.9 Å². The van der Waals surface area contributed by atoms with Crippen LogP contribution in [0.4, 0.5) is 17.1 Å². The van der Waals surface area contributed by atoms with Crippen molar-refractivity contribution in [3.63, 3.8) is 0 Å². The van der Waals surface area contributed by atoms with Gasteiger partial charge in [0.15, 0.2) is 0 Å². The lowest BCUT2D eigenvalue weighted by Gasteiger charge is -2.08. The highest BCUT2D eigenvalue weighted by Crippen LogP contribution is 2.18. The number of benzene rings is 3. The molecule has 0 aromatic heterocycles. The number of hydrogen-bond acceptors (Lipinski definition) is 4. The van der Waals surface area contributed by atoms with Crippen LogP contribution in [0.3, 0.4) is 0 Å². The minimum Gasteiger partial charge on any atom is -0.497 e. The van der Waals surface area contributed by atoms with Crippen molar-refractivity contribution in [1.29, 1.82) is 0 Å². The molecule has 0 aliphatic heterocycles. The van der Waals surface area contributed by atoms with Crippen molar-refractivity contribution in [2.24, 2.45) is 0 Å². The topological polar surface area (TPSA) is 76.4 Å². The third kappa shape index (κ3) is 5.38.